The Morgan fingerprint density at radius 2 is 1.89 bits per heavy atom. The summed E-state index contributed by atoms with van der Waals surface area (Å²) >= 11 is 0. The number of nitrogens with one attached hydrogen (secondary N) is 2. The minimum Gasteiger partial charge on any atom is -0.479 e. The van der Waals surface area contributed by atoms with Crippen LogP contribution in [0.3, 0.4) is 0 Å². The van der Waals surface area contributed by atoms with Gasteiger partial charge >= 0.3 is 0 Å². The van der Waals surface area contributed by atoms with Crippen LogP contribution in [0.15, 0.2) is 66.9 Å². The van der Waals surface area contributed by atoms with E-state index in [-0.39, 0.29) is 6.61 Å². The molecule has 0 aliphatic rings. The highest BCUT2D eigenvalue weighted by Gasteiger charge is 2.10. The monoisotopic (exact) mass is 373 g/mol. The Morgan fingerprint density at radius 3 is 2.57 bits per heavy atom. The smallest absolute Gasteiger partial charge is 0.252 e. The fraction of sp³-hybridized carbons (Fsp3) is 0.0952. The summed E-state index contributed by atoms with van der Waals surface area (Å²) in [5, 5.41) is 15.0. The molecule has 0 saturated carbocycles. The highest BCUT2D eigenvalue weighted by atomic mass is 16.5. The number of ether oxygens (including phenoxy) is 1. The number of hydrogen-bond acceptors (Lipinski definition) is 6. The number of benzene rings is 2. The number of nitrogens with two attached hydrogens (primary N) is 1. The SMILES string of the molecule is N#CCOc1ccc(Nc2cc(NCc3ccccc3)c(C(N)=O)cn2)cc1. The molecule has 0 unspecified atom stereocenters. The molecule has 140 valence electrons. The van der Waals surface area contributed by atoms with Crippen molar-refractivity contribution in [3.8, 4) is 11.8 Å². The quantitative estimate of drug-likeness (QED) is 0.557. The minimum atomic E-state index is -0.548. The topological polar surface area (TPSA) is 113 Å². The van der Waals surface area contributed by atoms with Crippen LogP contribution in [-0.4, -0.2) is 17.5 Å². The van der Waals surface area contributed by atoms with E-state index in [1.165, 1.54) is 6.20 Å². The van der Waals surface area contributed by atoms with Gasteiger partial charge in [0, 0.05) is 24.5 Å². The Balaban J connectivity index is 1.74. The first kappa shape index (κ1) is 18.7. The predicted molar refractivity (Wildman–Crippen MR) is 107 cm³/mol. The van der Waals surface area contributed by atoms with Crippen molar-refractivity contribution in [3.63, 3.8) is 0 Å². The maximum Gasteiger partial charge on any atom is 0.252 e. The second-order valence-electron chi connectivity index (χ2n) is 5.91. The van der Waals surface area contributed by atoms with Crippen molar-refractivity contribution in [2.24, 2.45) is 5.73 Å². The molecule has 4 N–H and O–H groups in total. The van der Waals surface area contributed by atoms with Gasteiger partial charge in [0.05, 0.1) is 11.3 Å². The second kappa shape index (κ2) is 9.05. The van der Waals surface area contributed by atoms with Crippen LogP contribution in [0.5, 0.6) is 5.75 Å². The molecule has 0 aliphatic heterocycles. The molecular weight excluding hydrogens is 354 g/mol. The van der Waals surface area contributed by atoms with E-state index in [1.54, 1.807) is 18.2 Å². The Labute approximate surface area is 162 Å². The summed E-state index contributed by atoms with van der Waals surface area (Å²) in [6.07, 6.45) is 1.45. The molecule has 2 aromatic carbocycles. The molecule has 7 heteroatoms. The van der Waals surface area contributed by atoms with Crippen molar-refractivity contribution in [3.05, 3.63) is 78.0 Å². The number of anilines is 3. The first-order chi connectivity index (χ1) is 13.7. The average Bonchev–Trinajstić information content (AvgIpc) is 2.72. The Hall–Kier alpha value is -4.05. The summed E-state index contributed by atoms with van der Waals surface area (Å²) in [6, 6.07) is 20.6. The third-order valence-corrected chi connectivity index (χ3v) is 3.93. The third kappa shape index (κ3) is 4.99. The lowest BCUT2D eigenvalue weighted by atomic mass is 10.2. The molecule has 28 heavy (non-hydrogen) atoms. The number of primary amides is 1. The number of rotatable bonds is 8. The van der Waals surface area contributed by atoms with Crippen molar-refractivity contribution in [1.29, 1.82) is 5.26 Å². The molecular formula is C21H19N5O2. The first-order valence-electron chi connectivity index (χ1n) is 8.60. The van der Waals surface area contributed by atoms with E-state index in [1.807, 2.05) is 48.5 Å². The van der Waals surface area contributed by atoms with Crippen LogP contribution < -0.4 is 21.1 Å². The summed E-state index contributed by atoms with van der Waals surface area (Å²) in [5.41, 5.74) is 8.26. The van der Waals surface area contributed by atoms with Gasteiger partial charge in [-0.3, -0.25) is 4.79 Å². The predicted octanol–water partition coefficient (Wildman–Crippen LogP) is 3.44. The van der Waals surface area contributed by atoms with E-state index in [2.05, 4.69) is 15.6 Å². The van der Waals surface area contributed by atoms with E-state index in [0.717, 1.165) is 11.3 Å². The second-order valence-corrected chi connectivity index (χ2v) is 5.91. The molecule has 0 spiro atoms. The zero-order valence-electron chi connectivity index (χ0n) is 15.1. The summed E-state index contributed by atoms with van der Waals surface area (Å²) in [4.78, 5) is 16.0. The maximum absolute atomic E-state index is 11.7. The highest BCUT2D eigenvalue weighted by molar-refractivity contribution is 5.98. The van der Waals surface area contributed by atoms with Crippen LogP contribution >= 0.6 is 0 Å². The number of nitrogens with zero attached hydrogens (tertiary/aromatic N) is 2. The van der Waals surface area contributed by atoms with Gasteiger partial charge in [-0.15, -0.1) is 0 Å². The number of carbonyl (C=O) groups excluding carboxylic acids is 1. The fourth-order valence-electron chi connectivity index (χ4n) is 2.56. The van der Waals surface area contributed by atoms with E-state index < -0.39 is 5.91 Å². The average molecular weight is 373 g/mol. The van der Waals surface area contributed by atoms with Gasteiger partial charge in [0.2, 0.25) is 0 Å². The highest BCUT2D eigenvalue weighted by Crippen LogP contribution is 2.23. The van der Waals surface area contributed by atoms with Crippen LogP contribution in [-0.2, 0) is 6.54 Å². The van der Waals surface area contributed by atoms with Gasteiger partial charge in [-0.25, -0.2) is 4.98 Å². The Morgan fingerprint density at radius 1 is 1.14 bits per heavy atom. The van der Waals surface area contributed by atoms with Crippen molar-refractivity contribution >= 4 is 23.1 Å². The summed E-state index contributed by atoms with van der Waals surface area (Å²) in [6.45, 7) is 0.550. The van der Waals surface area contributed by atoms with Gasteiger partial charge in [0.25, 0.3) is 5.91 Å². The molecule has 0 bridgehead atoms. The van der Waals surface area contributed by atoms with Crippen LogP contribution in [0, 0.1) is 11.3 Å². The third-order valence-electron chi connectivity index (χ3n) is 3.93. The number of hydrogen-bond donors (Lipinski definition) is 3. The Bertz CT molecular complexity index is 982. The van der Waals surface area contributed by atoms with Crippen LogP contribution in [0.2, 0.25) is 0 Å². The normalized spacial score (nSPS) is 9.96. The zero-order chi connectivity index (χ0) is 19.8. The maximum atomic E-state index is 11.7. The molecule has 7 nitrogen and oxygen atoms in total. The molecule has 0 atom stereocenters. The lowest BCUT2D eigenvalue weighted by Gasteiger charge is -2.13. The molecule has 3 aromatic rings. The van der Waals surface area contributed by atoms with Gasteiger partial charge in [0.1, 0.15) is 17.6 Å². The van der Waals surface area contributed by atoms with Crippen LogP contribution in [0.1, 0.15) is 15.9 Å². The van der Waals surface area contributed by atoms with E-state index in [0.29, 0.717) is 29.4 Å². The standard InChI is InChI=1S/C21H19N5O2/c22-10-11-28-17-8-6-16(7-9-17)26-20-12-19(18(14-25-20)21(23)27)24-13-15-4-2-1-3-5-15/h1-9,12,14H,11,13H2,(H2,23,27)(H2,24,25,26). The number of pyridine rings is 1. The van der Waals surface area contributed by atoms with Gasteiger partial charge in [-0.1, -0.05) is 30.3 Å². The van der Waals surface area contributed by atoms with Gasteiger partial charge in [0.15, 0.2) is 6.61 Å². The Kier molecular flexibility index (Phi) is 6.06. The van der Waals surface area contributed by atoms with Crippen molar-refractivity contribution < 1.29 is 9.53 Å². The van der Waals surface area contributed by atoms with Gasteiger partial charge in [-0.05, 0) is 29.8 Å². The minimum absolute atomic E-state index is 0.000641. The van der Waals surface area contributed by atoms with Crippen molar-refractivity contribution in [1.82, 2.24) is 4.98 Å². The lowest BCUT2D eigenvalue weighted by molar-refractivity contribution is 0.100. The van der Waals surface area contributed by atoms with E-state index in [9.17, 15) is 4.79 Å². The number of amides is 1. The fourth-order valence-corrected chi connectivity index (χ4v) is 2.56. The molecule has 1 amide bonds. The van der Waals surface area contributed by atoms with Gasteiger partial charge < -0.3 is 21.1 Å². The van der Waals surface area contributed by atoms with Crippen molar-refractivity contribution in [2.75, 3.05) is 17.2 Å². The number of carbonyl (C=O) groups is 1. The molecule has 0 radical (unpaired) electrons. The molecule has 0 saturated heterocycles. The molecule has 1 heterocycles. The van der Waals surface area contributed by atoms with E-state index in [4.69, 9.17) is 15.7 Å². The van der Waals surface area contributed by atoms with Crippen LogP contribution in [0.25, 0.3) is 0 Å². The first-order valence-corrected chi connectivity index (χ1v) is 8.60. The summed E-state index contributed by atoms with van der Waals surface area (Å²) in [5.74, 6) is 0.620. The van der Waals surface area contributed by atoms with E-state index >= 15 is 0 Å². The molecule has 0 fully saturated rings. The molecule has 3 rings (SSSR count). The largest absolute Gasteiger partial charge is 0.479 e. The lowest BCUT2D eigenvalue weighted by Crippen LogP contribution is -2.15. The molecule has 1 aromatic heterocycles. The molecule has 0 aliphatic carbocycles. The van der Waals surface area contributed by atoms with Crippen LogP contribution in [0.4, 0.5) is 17.2 Å². The van der Waals surface area contributed by atoms with Crippen molar-refractivity contribution in [2.45, 2.75) is 6.54 Å². The number of nitriles is 1. The van der Waals surface area contributed by atoms with Gasteiger partial charge in [-0.2, -0.15) is 5.26 Å². The number of aromatic nitrogens is 1. The summed E-state index contributed by atoms with van der Waals surface area (Å²) < 4.78 is 5.23. The summed E-state index contributed by atoms with van der Waals surface area (Å²) in [7, 11) is 0. The zero-order valence-corrected chi connectivity index (χ0v) is 15.1.